The van der Waals surface area contributed by atoms with Crippen LogP contribution >= 0.6 is 12.4 Å². The van der Waals surface area contributed by atoms with Gasteiger partial charge in [0, 0.05) is 25.1 Å². The average Bonchev–Trinajstić information content (AvgIpc) is 3.18. The standard InChI is InChI=1S/C17H21N3O4S.ClH/c1-11-16(25(19,22)23)7-15(24-11)17(21)20-9-13(8-18)14(10-20)12-5-3-2-4-6-12;/h2-7,13-14H,8-10,18H2,1H3,(H2,19,22,23);1H/t13-,14+;/m1./s1. The molecule has 142 valence electrons. The minimum absolute atomic E-state index is 0. The Morgan fingerprint density at radius 1 is 1.27 bits per heavy atom. The summed E-state index contributed by atoms with van der Waals surface area (Å²) in [7, 11) is -3.92. The van der Waals surface area contributed by atoms with Crippen LogP contribution in [0.25, 0.3) is 0 Å². The van der Waals surface area contributed by atoms with Crippen molar-refractivity contribution in [2.45, 2.75) is 17.7 Å². The summed E-state index contributed by atoms with van der Waals surface area (Å²) in [4.78, 5) is 14.2. The molecule has 1 aliphatic heterocycles. The maximum atomic E-state index is 12.7. The molecular formula is C17H22ClN3O4S. The molecule has 2 heterocycles. The molecule has 0 bridgehead atoms. The quantitative estimate of drug-likeness (QED) is 0.806. The van der Waals surface area contributed by atoms with Crippen molar-refractivity contribution >= 4 is 28.3 Å². The van der Waals surface area contributed by atoms with Crippen LogP contribution < -0.4 is 10.9 Å². The summed E-state index contributed by atoms with van der Waals surface area (Å²) in [6, 6.07) is 11.1. The first-order chi connectivity index (χ1) is 11.8. The fourth-order valence-electron chi connectivity index (χ4n) is 3.36. The van der Waals surface area contributed by atoms with Crippen LogP contribution in [0.3, 0.4) is 0 Å². The minimum atomic E-state index is -3.92. The molecule has 3 rings (SSSR count). The molecular weight excluding hydrogens is 378 g/mol. The smallest absolute Gasteiger partial charge is 0.289 e. The van der Waals surface area contributed by atoms with E-state index in [0.29, 0.717) is 19.6 Å². The van der Waals surface area contributed by atoms with Crippen molar-refractivity contribution in [3.8, 4) is 0 Å². The number of aryl methyl sites for hydroxylation is 1. The number of likely N-dealkylation sites (tertiary alicyclic amines) is 1. The largest absolute Gasteiger partial charge is 0.455 e. The summed E-state index contributed by atoms with van der Waals surface area (Å²) < 4.78 is 28.4. The number of primary sulfonamides is 1. The number of carbonyl (C=O) groups is 1. The Labute approximate surface area is 158 Å². The first-order valence-corrected chi connectivity index (χ1v) is 9.53. The molecule has 4 N–H and O–H groups in total. The topological polar surface area (TPSA) is 120 Å². The van der Waals surface area contributed by atoms with Gasteiger partial charge >= 0.3 is 0 Å². The number of nitrogens with two attached hydrogens (primary N) is 2. The van der Waals surface area contributed by atoms with Crippen LogP contribution in [-0.2, 0) is 10.0 Å². The van der Waals surface area contributed by atoms with Crippen LogP contribution in [-0.4, -0.2) is 38.9 Å². The first kappa shape index (κ1) is 20.4. The van der Waals surface area contributed by atoms with Gasteiger partial charge in [-0.25, -0.2) is 13.6 Å². The summed E-state index contributed by atoms with van der Waals surface area (Å²) in [5.74, 6) is 0.0185. The van der Waals surface area contributed by atoms with Gasteiger partial charge in [0.05, 0.1) is 0 Å². The number of nitrogens with zero attached hydrogens (tertiary/aromatic N) is 1. The predicted molar refractivity (Wildman–Crippen MR) is 99.7 cm³/mol. The lowest BCUT2D eigenvalue weighted by atomic mass is 9.89. The van der Waals surface area contributed by atoms with Gasteiger partial charge in [-0.05, 0) is 24.9 Å². The van der Waals surface area contributed by atoms with Crippen molar-refractivity contribution in [3.63, 3.8) is 0 Å². The number of hydrogen-bond donors (Lipinski definition) is 2. The second kappa shape index (κ2) is 7.79. The van der Waals surface area contributed by atoms with E-state index in [1.165, 1.54) is 13.0 Å². The van der Waals surface area contributed by atoms with Gasteiger partial charge in [-0.15, -0.1) is 12.4 Å². The highest BCUT2D eigenvalue weighted by atomic mass is 35.5. The van der Waals surface area contributed by atoms with E-state index in [4.69, 9.17) is 15.3 Å². The Kier molecular flexibility index (Phi) is 6.13. The Morgan fingerprint density at radius 2 is 1.92 bits per heavy atom. The van der Waals surface area contributed by atoms with Crippen LogP contribution in [0.1, 0.15) is 27.8 Å². The molecule has 7 nitrogen and oxygen atoms in total. The number of sulfonamides is 1. The van der Waals surface area contributed by atoms with Crippen LogP contribution in [0.4, 0.5) is 0 Å². The molecule has 0 spiro atoms. The van der Waals surface area contributed by atoms with Gasteiger partial charge in [-0.1, -0.05) is 30.3 Å². The molecule has 1 aliphatic rings. The molecule has 9 heteroatoms. The molecule has 1 aromatic carbocycles. The predicted octanol–water partition coefficient (Wildman–Crippen LogP) is 1.47. The average molecular weight is 400 g/mol. The summed E-state index contributed by atoms with van der Waals surface area (Å²) in [5, 5.41) is 5.14. The zero-order valence-corrected chi connectivity index (χ0v) is 15.9. The van der Waals surface area contributed by atoms with Crippen LogP contribution in [0.5, 0.6) is 0 Å². The van der Waals surface area contributed by atoms with Crippen LogP contribution in [0.15, 0.2) is 45.7 Å². The SMILES string of the molecule is Cc1oc(C(=O)N2C[C@@H](CN)[C@H](c3ccccc3)C2)cc1S(N)(=O)=O.Cl. The van der Waals surface area contributed by atoms with Crippen LogP contribution in [0.2, 0.25) is 0 Å². The molecule has 0 unspecified atom stereocenters. The maximum Gasteiger partial charge on any atom is 0.289 e. The van der Waals surface area contributed by atoms with Crippen molar-refractivity contribution in [1.82, 2.24) is 4.90 Å². The van der Waals surface area contributed by atoms with Crippen molar-refractivity contribution in [2.75, 3.05) is 19.6 Å². The molecule has 0 saturated carbocycles. The Hall–Kier alpha value is -1.87. The molecule has 1 fully saturated rings. The molecule has 2 aromatic rings. The number of rotatable bonds is 4. The Balaban J connectivity index is 0.00000243. The Morgan fingerprint density at radius 3 is 2.46 bits per heavy atom. The number of hydrogen-bond acceptors (Lipinski definition) is 5. The molecule has 2 atom stereocenters. The van der Waals surface area contributed by atoms with E-state index in [1.807, 2.05) is 30.3 Å². The fraction of sp³-hybridized carbons (Fsp3) is 0.353. The van der Waals surface area contributed by atoms with Gasteiger partial charge in [0.15, 0.2) is 5.76 Å². The third-order valence-corrected chi connectivity index (χ3v) is 5.67. The van der Waals surface area contributed by atoms with Gasteiger partial charge in [-0.3, -0.25) is 4.79 Å². The minimum Gasteiger partial charge on any atom is -0.455 e. The van der Waals surface area contributed by atoms with Crippen molar-refractivity contribution < 1.29 is 17.6 Å². The van der Waals surface area contributed by atoms with E-state index < -0.39 is 10.0 Å². The lowest BCUT2D eigenvalue weighted by molar-refractivity contribution is 0.0753. The number of furan rings is 1. The van der Waals surface area contributed by atoms with Crippen LogP contribution in [0, 0.1) is 12.8 Å². The maximum absolute atomic E-state index is 12.7. The van der Waals surface area contributed by atoms with Gasteiger partial charge in [0.25, 0.3) is 5.91 Å². The number of carbonyl (C=O) groups excluding carboxylic acids is 1. The molecule has 26 heavy (non-hydrogen) atoms. The third kappa shape index (κ3) is 3.93. The van der Waals surface area contributed by atoms with E-state index in [2.05, 4.69) is 0 Å². The zero-order valence-electron chi connectivity index (χ0n) is 14.3. The van der Waals surface area contributed by atoms with E-state index in [9.17, 15) is 13.2 Å². The highest BCUT2D eigenvalue weighted by Gasteiger charge is 2.37. The van der Waals surface area contributed by atoms with E-state index in [1.54, 1.807) is 4.90 Å². The monoisotopic (exact) mass is 399 g/mol. The lowest BCUT2D eigenvalue weighted by Crippen LogP contribution is -2.29. The van der Waals surface area contributed by atoms with Crippen molar-refractivity contribution in [1.29, 1.82) is 0 Å². The summed E-state index contributed by atoms with van der Waals surface area (Å²) in [6.07, 6.45) is 0. The van der Waals surface area contributed by atoms with Gasteiger partial charge in [0.2, 0.25) is 10.0 Å². The fourth-order valence-corrected chi connectivity index (χ4v) is 4.08. The van der Waals surface area contributed by atoms with Crippen molar-refractivity contribution in [2.24, 2.45) is 16.8 Å². The molecule has 0 radical (unpaired) electrons. The number of halogens is 1. The molecule has 1 amide bonds. The zero-order chi connectivity index (χ0) is 18.2. The second-order valence-electron chi connectivity index (χ2n) is 6.30. The molecule has 0 aliphatic carbocycles. The summed E-state index contributed by atoms with van der Waals surface area (Å²) in [6.45, 7) is 2.94. The van der Waals surface area contributed by atoms with Gasteiger partial charge in [0.1, 0.15) is 10.7 Å². The number of benzene rings is 1. The van der Waals surface area contributed by atoms with E-state index >= 15 is 0 Å². The van der Waals surface area contributed by atoms with Gasteiger partial charge < -0.3 is 15.1 Å². The third-order valence-electron chi connectivity index (χ3n) is 4.65. The highest BCUT2D eigenvalue weighted by Crippen LogP contribution is 2.33. The Bertz CT molecular complexity index is 883. The molecule has 1 saturated heterocycles. The van der Waals surface area contributed by atoms with E-state index in [0.717, 1.165) is 5.56 Å². The van der Waals surface area contributed by atoms with Crippen molar-refractivity contribution in [3.05, 3.63) is 53.5 Å². The normalized spacial score (nSPS) is 20.0. The highest BCUT2D eigenvalue weighted by molar-refractivity contribution is 7.89. The first-order valence-electron chi connectivity index (χ1n) is 7.98. The lowest BCUT2D eigenvalue weighted by Gasteiger charge is -2.16. The second-order valence-corrected chi connectivity index (χ2v) is 7.83. The van der Waals surface area contributed by atoms with E-state index in [-0.39, 0.29) is 46.6 Å². The molecule has 1 aromatic heterocycles. The summed E-state index contributed by atoms with van der Waals surface area (Å²) >= 11 is 0. The van der Waals surface area contributed by atoms with Gasteiger partial charge in [-0.2, -0.15) is 0 Å². The summed E-state index contributed by atoms with van der Waals surface area (Å²) in [5.41, 5.74) is 7.02. The number of amides is 1.